The molecule has 0 atom stereocenters. The van der Waals surface area contributed by atoms with Crippen molar-refractivity contribution in [2.75, 3.05) is 12.4 Å². The van der Waals surface area contributed by atoms with Crippen LogP contribution in [0.15, 0.2) is 27.6 Å². The van der Waals surface area contributed by atoms with Crippen LogP contribution in [0.5, 0.6) is 0 Å². The van der Waals surface area contributed by atoms with Gasteiger partial charge >= 0.3 is 5.97 Å². The van der Waals surface area contributed by atoms with Gasteiger partial charge in [-0.25, -0.2) is 4.79 Å². The van der Waals surface area contributed by atoms with Crippen LogP contribution in [-0.4, -0.2) is 18.3 Å². The number of carbonyl (C=O) groups excluding carboxylic acids is 1. The van der Waals surface area contributed by atoms with Crippen LogP contribution in [0.3, 0.4) is 0 Å². The monoisotopic (exact) mass is 288 g/mol. The van der Waals surface area contributed by atoms with Crippen molar-refractivity contribution >= 4 is 33.7 Å². The van der Waals surface area contributed by atoms with Gasteiger partial charge in [0.25, 0.3) is 0 Å². The summed E-state index contributed by atoms with van der Waals surface area (Å²) in [6, 6.07) is 5.71. The Labute approximate surface area is 103 Å². The molecular weight excluding hydrogens is 276 g/mol. The van der Waals surface area contributed by atoms with Crippen LogP contribution in [0.1, 0.15) is 24.2 Å². The number of halogens is 1. The summed E-state index contributed by atoms with van der Waals surface area (Å²) in [5.41, 5.74) is 0.631. The van der Waals surface area contributed by atoms with Gasteiger partial charge in [-0.1, -0.05) is 13.0 Å². The summed E-state index contributed by atoms with van der Waals surface area (Å²) in [4.78, 5) is 12.7. The maximum atomic E-state index is 11.7. The number of rotatable bonds is 4. The molecule has 0 spiro atoms. The van der Waals surface area contributed by atoms with Gasteiger partial charge in [0.05, 0.1) is 12.2 Å². The minimum absolute atomic E-state index is 0.263. The fourth-order valence-corrected chi connectivity index (χ4v) is 2.66. The molecule has 0 fully saturated rings. The topological polar surface area (TPSA) is 26.3 Å². The molecule has 0 bridgehead atoms. The van der Waals surface area contributed by atoms with Crippen LogP contribution in [0.4, 0.5) is 0 Å². The van der Waals surface area contributed by atoms with E-state index in [1.54, 1.807) is 18.7 Å². The van der Waals surface area contributed by atoms with Gasteiger partial charge in [-0.2, -0.15) is 0 Å². The molecule has 0 aliphatic heterocycles. The third kappa shape index (κ3) is 3.24. The zero-order valence-electron chi connectivity index (χ0n) is 8.75. The van der Waals surface area contributed by atoms with E-state index in [-0.39, 0.29) is 5.97 Å². The number of carbonyl (C=O) groups is 1. The molecule has 82 valence electrons. The molecule has 2 nitrogen and oxygen atoms in total. The Morgan fingerprint density at radius 3 is 2.80 bits per heavy atom. The van der Waals surface area contributed by atoms with Gasteiger partial charge < -0.3 is 4.74 Å². The fraction of sp³-hybridized carbons (Fsp3) is 0.364. The van der Waals surface area contributed by atoms with E-state index in [0.717, 1.165) is 15.1 Å². The summed E-state index contributed by atoms with van der Waals surface area (Å²) < 4.78 is 5.80. The van der Waals surface area contributed by atoms with Crippen molar-refractivity contribution in [2.24, 2.45) is 0 Å². The van der Waals surface area contributed by atoms with Crippen molar-refractivity contribution in [3.63, 3.8) is 0 Å². The number of esters is 1. The highest BCUT2D eigenvalue weighted by Crippen LogP contribution is 2.29. The average molecular weight is 289 g/mol. The number of ether oxygens (including phenoxy) is 1. The summed E-state index contributed by atoms with van der Waals surface area (Å²) >= 11 is 5.01. The zero-order chi connectivity index (χ0) is 11.3. The highest BCUT2D eigenvalue weighted by atomic mass is 79.9. The molecule has 4 heteroatoms. The molecule has 15 heavy (non-hydrogen) atoms. The first-order chi connectivity index (χ1) is 7.20. The fourth-order valence-electron chi connectivity index (χ4n) is 1.18. The normalized spacial score (nSPS) is 10.1. The standard InChI is InChI=1S/C11H13BrO2S/c1-3-14-11(13)10-8(12)6-5-7-9(10)15-4-2/h5-7H,3-4H2,1-2H3. The lowest BCUT2D eigenvalue weighted by Crippen LogP contribution is -2.07. The lowest BCUT2D eigenvalue weighted by Gasteiger charge is -2.09. The zero-order valence-corrected chi connectivity index (χ0v) is 11.2. The number of hydrogen-bond acceptors (Lipinski definition) is 3. The molecule has 0 N–H and O–H groups in total. The molecule has 0 aliphatic rings. The Morgan fingerprint density at radius 1 is 1.47 bits per heavy atom. The quantitative estimate of drug-likeness (QED) is 0.624. The Morgan fingerprint density at radius 2 is 2.20 bits per heavy atom. The Balaban J connectivity index is 3.06. The lowest BCUT2D eigenvalue weighted by atomic mass is 10.2. The summed E-state index contributed by atoms with van der Waals surface area (Å²) in [7, 11) is 0. The van der Waals surface area contributed by atoms with Gasteiger partial charge in [0.1, 0.15) is 0 Å². The second-order valence-electron chi connectivity index (χ2n) is 2.77. The highest BCUT2D eigenvalue weighted by Gasteiger charge is 2.15. The number of thioether (sulfide) groups is 1. The van der Waals surface area contributed by atoms with Gasteiger partial charge in [-0.15, -0.1) is 11.8 Å². The Bertz CT molecular complexity index is 352. The highest BCUT2D eigenvalue weighted by molar-refractivity contribution is 9.10. The predicted octanol–water partition coefficient (Wildman–Crippen LogP) is 3.74. The van der Waals surface area contributed by atoms with Crippen molar-refractivity contribution in [2.45, 2.75) is 18.7 Å². The molecule has 0 saturated heterocycles. The van der Waals surface area contributed by atoms with E-state index >= 15 is 0 Å². The predicted molar refractivity (Wildman–Crippen MR) is 66.5 cm³/mol. The van der Waals surface area contributed by atoms with Crippen molar-refractivity contribution in [3.8, 4) is 0 Å². The van der Waals surface area contributed by atoms with E-state index in [4.69, 9.17) is 4.74 Å². The van der Waals surface area contributed by atoms with E-state index < -0.39 is 0 Å². The maximum Gasteiger partial charge on any atom is 0.340 e. The SMILES string of the molecule is CCOC(=O)c1c(Br)cccc1SCC. The number of hydrogen-bond donors (Lipinski definition) is 0. The first kappa shape index (κ1) is 12.6. The van der Waals surface area contributed by atoms with Crippen LogP contribution in [-0.2, 0) is 4.74 Å². The van der Waals surface area contributed by atoms with E-state index in [0.29, 0.717) is 12.2 Å². The molecule has 0 amide bonds. The van der Waals surface area contributed by atoms with Gasteiger partial charge in [0.2, 0.25) is 0 Å². The maximum absolute atomic E-state index is 11.7. The second-order valence-corrected chi connectivity index (χ2v) is 4.93. The summed E-state index contributed by atoms with van der Waals surface area (Å²) in [5, 5.41) is 0. The van der Waals surface area contributed by atoms with Crippen LogP contribution < -0.4 is 0 Å². The smallest absolute Gasteiger partial charge is 0.340 e. The molecule has 0 unspecified atom stereocenters. The molecule has 0 radical (unpaired) electrons. The van der Waals surface area contributed by atoms with Crippen LogP contribution in [0, 0.1) is 0 Å². The minimum Gasteiger partial charge on any atom is -0.462 e. The molecular formula is C11H13BrO2S. The lowest BCUT2D eigenvalue weighted by molar-refractivity contribution is 0.0521. The van der Waals surface area contributed by atoms with Gasteiger partial charge in [-0.05, 0) is 40.7 Å². The van der Waals surface area contributed by atoms with Gasteiger partial charge in [0, 0.05) is 9.37 Å². The first-order valence-corrected chi connectivity index (χ1v) is 6.57. The molecule has 0 saturated carbocycles. The molecule has 1 aromatic carbocycles. The Kier molecular flexibility index (Phi) is 5.19. The van der Waals surface area contributed by atoms with Crippen molar-refractivity contribution in [1.29, 1.82) is 0 Å². The van der Waals surface area contributed by atoms with Crippen molar-refractivity contribution < 1.29 is 9.53 Å². The number of benzene rings is 1. The van der Waals surface area contributed by atoms with Crippen LogP contribution in [0.25, 0.3) is 0 Å². The van der Waals surface area contributed by atoms with E-state index in [1.165, 1.54) is 0 Å². The Hall–Kier alpha value is -0.480. The van der Waals surface area contributed by atoms with Gasteiger partial charge in [-0.3, -0.25) is 0 Å². The second kappa shape index (κ2) is 6.18. The van der Waals surface area contributed by atoms with E-state index in [2.05, 4.69) is 22.9 Å². The minimum atomic E-state index is -0.263. The summed E-state index contributed by atoms with van der Waals surface area (Å²) in [6.07, 6.45) is 0. The third-order valence-electron chi connectivity index (χ3n) is 1.75. The summed E-state index contributed by atoms with van der Waals surface area (Å²) in [5.74, 6) is 0.670. The summed E-state index contributed by atoms with van der Waals surface area (Å²) in [6.45, 7) is 4.26. The molecule has 0 heterocycles. The van der Waals surface area contributed by atoms with Crippen LogP contribution in [0.2, 0.25) is 0 Å². The average Bonchev–Trinajstić information content (AvgIpc) is 2.18. The first-order valence-electron chi connectivity index (χ1n) is 4.79. The molecule has 0 aromatic heterocycles. The van der Waals surface area contributed by atoms with E-state index in [9.17, 15) is 4.79 Å². The van der Waals surface area contributed by atoms with Crippen molar-refractivity contribution in [1.82, 2.24) is 0 Å². The third-order valence-corrected chi connectivity index (χ3v) is 3.36. The molecule has 1 rings (SSSR count). The van der Waals surface area contributed by atoms with E-state index in [1.807, 2.05) is 18.2 Å². The largest absolute Gasteiger partial charge is 0.462 e. The molecule has 0 aliphatic carbocycles. The van der Waals surface area contributed by atoms with Crippen molar-refractivity contribution in [3.05, 3.63) is 28.2 Å². The molecule has 1 aromatic rings. The van der Waals surface area contributed by atoms with Gasteiger partial charge in [0.15, 0.2) is 0 Å². The van der Waals surface area contributed by atoms with Crippen LogP contribution >= 0.6 is 27.7 Å².